The van der Waals surface area contributed by atoms with Crippen LogP contribution in [0.1, 0.15) is 27.4 Å². The molecule has 1 saturated heterocycles. The Balaban J connectivity index is 1.62. The van der Waals surface area contributed by atoms with Crippen molar-refractivity contribution in [1.29, 1.82) is 0 Å². The third-order valence-electron chi connectivity index (χ3n) is 4.56. The van der Waals surface area contributed by atoms with E-state index in [1.165, 1.54) is 5.56 Å². The molecule has 0 radical (unpaired) electrons. The van der Waals surface area contributed by atoms with Gasteiger partial charge < -0.3 is 9.42 Å². The SMILES string of the molecule is CSc1ccccc1C(=O)N1CCN(Cc2c(C)noc2C)CC1. The number of hydrogen-bond donors (Lipinski definition) is 0. The number of aromatic nitrogens is 1. The van der Waals surface area contributed by atoms with Crippen molar-refractivity contribution in [2.45, 2.75) is 25.3 Å². The van der Waals surface area contributed by atoms with Gasteiger partial charge in [0.25, 0.3) is 5.91 Å². The van der Waals surface area contributed by atoms with Crippen molar-refractivity contribution in [3.63, 3.8) is 0 Å². The second kappa shape index (κ2) is 7.40. The lowest BCUT2D eigenvalue weighted by Crippen LogP contribution is -2.48. The highest BCUT2D eigenvalue weighted by Crippen LogP contribution is 2.22. The van der Waals surface area contributed by atoms with Gasteiger partial charge in [-0.2, -0.15) is 0 Å². The molecule has 1 amide bonds. The van der Waals surface area contributed by atoms with Crippen LogP contribution in [0.15, 0.2) is 33.7 Å². The lowest BCUT2D eigenvalue weighted by Gasteiger charge is -2.35. The molecule has 0 atom stereocenters. The van der Waals surface area contributed by atoms with Gasteiger partial charge in [-0.05, 0) is 32.2 Å². The largest absolute Gasteiger partial charge is 0.361 e. The van der Waals surface area contributed by atoms with Crippen LogP contribution in [-0.2, 0) is 6.54 Å². The van der Waals surface area contributed by atoms with Crippen LogP contribution in [-0.4, -0.2) is 53.3 Å². The predicted molar refractivity (Wildman–Crippen MR) is 95.4 cm³/mol. The first-order chi connectivity index (χ1) is 11.6. The number of piperazine rings is 1. The van der Waals surface area contributed by atoms with Gasteiger partial charge in [-0.1, -0.05) is 17.3 Å². The van der Waals surface area contributed by atoms with Crippen LogP contribution < -0.4 is 0 Å². The average molecular weight is 345 g/mol. The van der Waals surface area contributed by atoms with Gasteiger partial charge in [-0.15, -0.1) is 11.8 Å². The zero-order chi connectivity index (χ0) is 17.1. The fraction of sp³-hybridized carbons (Fsp3) is 0.444. The third-order valence-corrected chi connectivity index (χ3v) is 5.36. The maximum absolute atomic E-state index is 12.8. The Bertz CT molecular complexity index is 701. The van der Waals surface area contributed by atoms with E-state index in [1.54, 1.807) is 11.8 Å². The summed E-state index contributed by atoms with van der Waals surface area (Å²) in [6.45, 7) is 8.02. The summed E-state index contributed by atoms with van der Waals surface area (Å²) in [5.74, 6) is 1.02. The third kappa shape index (κ3) is 3.49. The standard InChI is InChI=1S/C18H23N3O2S/c1-13-16(14(2)23-19-13)12-20-8-10-21(11-9-20)18(22)15-6-4-5-7-17(15)24-3/h4-7H,8-12H2,1-3H3. The molecule has 0 N–H and O–H groups in total. The molecule has 128 valence electrons. The Morgan fingerprint density at radius 3 is 2.54 bits per heavy atom. The van der Waals surface area contributed by atoms with Crippen molar-refractivity contribution in [2.24, 2.45) is 0 Å². The fourth-order valence-corrected chi connectivity index (χ4v) is 3.64. The molecule has 1 fully saturated rings. The molecule has 3 rings (SSSR count). The van der Waals surface area contributed by atoms with Gasteiger partial charge in [-0.25, -0.2) is 0 Å². The van der Waals surface area contributed by atoms with E-state index >= 15 is 0 Å². The first-order valence-electron chi connectivity index (χ1n) is 8.16. The van der Waals surface area contributed by atoms with Crippen LogP contribution in [0, 0.1) is 13.8 Å². The van der Waals surface area contributed by atoms with Gasteiger partial charge in [0.15, 0.2) is 0 Å². The summed E-state index contributed by atoms with van der Waals surface area (Å²) < 4.78 is 5.24. The molecule has 1 aromatic heterocycles. The minimum atomic E-state index is 0.136. The molecule has 5 nitrogen and oxygen atoms in total. The minimum Gasteiger partial charge on any atom is -0.361 e. The predicted octanol–water partition coefficient (Wildman–Crippen LogP) is 2.97. The van der Waals surface area contributed by atoms with Crippen LogP contribution in [0.4, 0.5) is 0 Å². The summed E-state index contributed by atoms with van der Waals surface area (Å²) in [6, 6.07) is 7.83. The maximum atomic E-state index is 12.8. The van der Waals surface area contributed by atoms with Crippen LogP contribution in [0.25, 0.3) is 0 Å². The summed E-state index contributed by atoms with van der Waals surface area (Å²) in [6.07, 6.45) is 2.01. The monoisotopic (exact) mass is 345 g/mol. The molecule has 24 heavy (non-hydrogen) atoms. The highest BCUT2D eigenvalue weighted by molar-refractivity contribution is 7.98. The fourth-order valence-electron chi connectivity index (χ4n) is 3.05. The van der Waals surface area contributed by atoms with E-state index in [1.807, 2.05) is 49.3 Å². The Kier molecular flexibility index (Phi) is 5.26. The number of thioether (sulfide) groups is 1. The maximum Gasteiger partial charge on any atom is 0.255 e. The van der Waals surface area contributed by atoms with Crippen molar-refractivity contribution >= 4 is 17.7 Å². The van der Waals surface area contributed by atoms with E-state index < -0.39 is 0 Å². The van der Waals surface area contributed by atoms with Crippen molar-refractivity contribution in [2.75, 3.05) is 32.4 Å². The summed E-state index contributed by atoms with van der Waals surface area (Å²) in [5, 5.41) is 4.02. The van der Waals surface area contributed by atoms with Gasteiger partial charge >= 0.3 is 0 Å². The first-order valence-corrected chi connectivity index (χ1v) is 9.39. The molecular formula is C18H23N3O2S. The summed E-state index contributed by atoms with van der Waals surface area (Å²) >= 11 is 1.62. The number of amides is 1. The second-order valence-corrected chi connectivity index (χ2v) is 6.92. The van der Waals surface area contributed by atoms with E-state index in [0.29, 0.717) is 0 Å². The van der Waals surface area contributed by atoms with E-state index in [-0.39, 0.29) is 5.91 Å². The van der Waals surface area contributed by atoms with Crippen LogP contribution in [0.3, 0.4) is 0 Å². The molecule has 0 bridgehead atoms. The number of carbonyl (C=O) groups excluding carboxylic acids is 1. The number of carbonyl (C=O) groups is 1. The quantitative estimate of drug-likeness (QED) is 0.798. The molecule has 2 heterocycles. The summed E-state index contributed by atoms with van der Waals surface area (Å²) in [4.78, 5) is 18.1. The molecule has 0 saturated carbocycles. The normalized spacial score (nSPS) is 15.7. The molecule has 0 unspecified atom stereocenters. The van der Waals surface area contributed by atoms with Crippen molar-refractivity contribution in [3.8, 4) is 0 Å². The Hall–Kier alpha value is -1.79. The Morgan fingerprint density at radius 1 is 1.21 bits per heavy atom. The Morgan fingerprint density at radius 2 is 1.92 bits per heavy atom. The molecule has 2 aromatic rings. The van der Waals surface area contributed by atoms with Gasteiger partial charge in [-0.3, -0.25) is 9.69 Å². The second-order valence-electron chi connectivity index (χ2n) is 6.07. The van der Waals surface area contributed by atoms with Crippen LogP contribution >= 0.6 is 11.8 Å². The minimum absolute atomic E-state index is 0.136. The zero-order valence-electron chi connectivity index (χ0n) is 14.4. The van der Waals surface area contributed by atoms with Gasteiger partial charge in [0, 0.05) is 43.2 Å². The first kappa shape index (κ1) is 17.0. The highest BCUT2D eigenvalue weighted by Gasteiger charge is 2.24. The molecule has 0 aliphatic carbocycles. The van der Waals surface area contributed by atoms with Crippen molar-refractivity contribution in [3.05, 3.63) is 46.8 Å². The van der Waals surface area contributed by atoms with Gasteiger partial charge in [0.1, 0.15) is 5.76 Å². The van der Waals surface area contributed by atoms with Gasteiger partial charge in [0.05, 0.1) is 11.3 Å². The number of benzene rings is 1. The molecule has 6 heteroatoms. The van der Waals surface area contributed by atoms with Crippen molar-refractivity contribution < 1.29 is 9.32 Å². The smallest absolute Gasteiger partial charge is 0.255 e. The van der Waals surface area contributed by atoms with E-state index in [0.717, 1.165) is 54.6 Å². The summed E-state index contributed by atoms with van der Waals surface area (Å²) in [7, 11) is 0. The molecule has 1 aliphatic rings. The average Bonchev–Trinajstić information content (AvgIpc) is 2.93. The molecule has 0 spiro atoms. The molecule has 1 aromatic carbocycles. The van der Waals surface area contributed by atoms with Gasteiger partial charge in [0.2, 0.25) is 0 Å². The highest BCUT2D eigenvalue weighted by atomic mass is 32.2. The summed E-state index contributed by atoms with van der Waals surface area (Å²) in [5.41, 5.74) is 2.94. The molecule has 1 aliphatic heterocycles. The number of nitrogens with zero attached hydrogens (tertiary/aromatic N) is 3. The number of hydrogen-bond acceptors (Lipinski definition) is 5. The van der Waals surface area contributed by atoms with Crippen LogP contribution in [0.5, 0.6) is 0 Å². The van der Waals surface area contributed by atoms with E-state index in [2.05, 4.69) is 10.1 Å². The molecular weight excluding hydrogens is 322 g/mol. The Labute approximate surface area is 147 Å². The lowest BCUT2D eigenvalue weighted by molar-refractivity contribution is 0.0624. The number of aryl methyl sites for hydroxylation is 2. The topological polar surface area (TPSA) is 49.6 Å². The van der Waals surface area contributed by atoms with E-state index in [9.17, 15) is 4.79 Å². The van der Waals surface area contributed by atoms with Crippen molar-refractivity contribution in [1.82, 2.24) is 15.0 Å². The zero-order valence-corrected chi connectivity index (χ0v) is 15.2. The van der Waals surface area contributed by atoms with E-state index in [4.69, 9.17) is 4.52 Å². The number of rotatable bonds is 4. The van der Waals surface area contributed by atoms with Crippen LogP contribution in [0.2, 0.25) is 0 Å². The lowest BCUT2D eigenvalue weighted by atomic mass is 10.1.